The van der Waals surface area contributed by atoms with Crippen LogP contribution in [-0.4, -0.2) is 4.99 Å². The van der Waals surface area contributed by atoms with Gasteiger partial charge in [-0.2, -0.15) is 0 Å². The first kappa shape index (κ1) is 10.7. The summed E-state index contributed by atoms with van der Waals surface area (Å²) in [7, 11) is 0. The van der Waals surface area contributed by atoms with E-state index in [0.717, 1.165) is 0 Å². The van der Waals surface area contributed by atoms with E-state index in [9.17, 15) is 4.39 Å². The number of hydrogen-bond acceptors (Lipinski definition) is 2. The average molecular weight is 284 g/mol. The van der Waals surface area contributed by atoms with Crippen molar-refractivity contribution in [2.24, 2.45) is 5.73 Å². The van der Waals surface area contributed by atoms with Gasteiger partial charge in [-0.15, -0.1) is 0 Å². The highest BCUT2D eigenvalue weighted by Gasteiger charge is 2.14. The number of nitrogen functional groups attached to an aromatic ring is 1. The van der Waals surface area contributed by atoms with Crippen LogP contribution in [0.2, 0.25) is 5.02 Å². The summed E-state index contributed by atoms with van der Waals surface area (Å²) in [6.45, 7) is 0. The first-order chi connectivity index (χ1) is 5.95. The van der Waals surface area contributed by atoms with Gasteiger partial charge in [-0.1, -0.05) is 23.8 Å². The van der Waals surface area contributed by atoms with E-state index in [-0.39, 0.29) is 25.7 Å². The van der Waals surface area contributed by atoms with Crippen molar-refractivity contribution < 1.29 is 4.39 Å². The fourth-order valence-electron chi connectivity index (χ4n) is 0.813. The Morgan fingerprint density at radius 1 is 1.62 bits per heavy atom. The zero-order valence-corrected chi connectivity index (χ0v) is 9.43. The summed E-state index contributed by atoms with van der Waals surface area (Å²) in [6, 6.07) is 1.42. The molecular formula is C7H5BrClFN2S. The third kappa shape index (κ3) is 1.92. The molecular weight excluding hydrogens is 279 g/mol. The summed E-state index contributed by atoms with van der Waals surface area (Å²) in [5.74, 6) is -0.643. The fraction of sp³-hybridized carbons (Fsp3) is 0. The van der Waals surface area contributed by atoms with Crippen molar-refractivity contribution in [3.8, 4) is 0 Å². The molecule has 1 rings (SSSR count). The van der Waals surface area contributed by atoms with Crippen LogP contribution in [-0.2, 0) is 0 Å². The Hall–Kier alpha value is -0.390. The van der Waals surface area contributed by atoms with Crippen molar-refractivity contribution in [2.75, 3.05) is 5.73 Å². The van der Waals surface area contributed by atoms with Crippen LogP contribution in [0.1, 0.15) is 5.56 Å². The quantitative estimate of drug-likeness (QED) is 0.473. The summed E-state index contributed by atoms with van der Waals surface area (Å²) in [5.41, 5.74) is 10.9. The molecule has 1 aromatic rings. The number of benzene rings is 1. The van der Waals surface area contributed by atoms with Crippen molar-refractivity contribution in [1.82, 2.24) is 0 Å². The predicted octanol–water partition coefficient (Wildman–Crippen LogP) is 2.46. The lowest BCUT2D eigenvalue weighted by atomic mass is 10.2. The zero-order valence-electron chi connectivity index (χ0n) is 6.27. The third-order valence-electron chi connectivity index (χ3n) is 1.47. The molecule has 1 aromatic carbocycles. The summed E-state index contributed by atoms with van der Waals surface area (Å²) in [5, 5.41) is 0.189. The van der Waals surface area contributed by atoms with E-state index in [0.29, 0.717) is 0 Å². The van der Waals surface area contributed by atoms with Gasteiger partial charge < -0.3 is 11.5 Å². The van der Waals surface area contributed by atoms with E-state index in [4.69, 9.17) is 23.1 Å². The number of nitrogens with two attached hydrogens (primary N) is 2. The molecule has 0 saturated carbocycles. The van der Waals surface area contributed by atoms with E-state index >= 15 is 0 Å². The standard InChI is InChI=1S/C7H5BrClFN2S/c8-4-3(9)1-2(7(12)13)6(11)5(4)10/h1H,11H2,(H2,12,13). The highest BCUT2D eigenvalue weighted by molar-refractivity contribution is 9.10. The second-order valence-electron chi connectivity index (χ2n) is 2.31. The Kier molecular flexibility index (Phi) is 3.10. The average Bonchev–Trinajstić information content (AvgIpc) is 2.07. The number of anilines is 1. The van der Waals surface area contributed by atoms with E-state index in [1.165, 1.54) is 6.07 Å². The predicted molar refractivity (Wildman–Crippen MR) is 59.4 cm³/mol. The van der Waals surface area contributed by atoms with E-state index < -0.39 is 5.82 Å². The van der Waals surface area contributed by atoms with Crippen LogP contribution < -0.4 is 11.5 Å². The Labute approximate surface area is 93.2 Å². The maximum atomic E-state index is 13.2. The molecule has 0 amide bonds. The van der Waals surface area contributed by atoms with E-state index in [1.54, 1.807) is 0 Å². The van der Waals surface area contributed by atoms with Crippen molar-refractivity contribution in [3.05, 3.63) is 26.9 Å². The molecule has 2 nitrogen and oxygen atoms in total. The molecule has 0 heterocycles. The lowest BCUT2D eigenvalue weighted by molar-refractivity contribution is 0.626. The largest absolute Gasteiger partial charge is 0.396 e. The van der Waals surface area contributed by atoms with Gasteiger partial charge in [-0.25, -0.2) is 4.39 Å². The minimum absolute atomic E-state index is 0.0193. The molecule has 0 aliphatic carbocycles. The number of thiocarbonyl (C=S) groups is 1. The second kappa shape index (κ2) is 3.77. The zero-order chi connectivity index (χ0) is 10.2. The lowest BCUT2D eigenvalue weighted by Crippen LogP contribution is -2.13. The maximum Gasteiger partial charge on any atom is 0.162 e. The van der Waals surface area contributed by atoms with Crippen molar-refractivity contribution in [3.63, 3.8) is 0 Å². The fourth-order valence-corrected chi connectivity index (χ4v) is 1.50. The number of hydrogen-bond donors (Lipinski definition) is 2. The van der Waals surface area contributed by atoms with Gasteiger partial charge in [0.1, 0.15) is 4.99 Å². The SMILES string of the molecule is NC(=S)c1cc(Cl)c(Br)c(F)c1N. The van der Waals surface area contributed by atoms with Crippen LogP contribution >= 0.6 is 39.7 Å². The topological polar surface area (TPSA) is 52.0 Å². The van der Waals surface area contributed by atoms with Gasteiger partial charge in [-0.3, -0.25) is 0 Å². The smallest absolute Gasteiger partial charge is 0.162 e. The summed E-state index contributed by atoms with van der Waals surface area (Å²) in [6.07, 6.45) is 0. The Morgan fingerprint density at radius 3 is 2.62 bits per heavy atom. The maximum absolute atomic E-state index is 13.2. The molecule has 0 aromatic heterocycles. The molecule has 70 valence electrons. The van der Waals surface area contributed by atoms with Crippen LogP contribution in [0.5, 0.6) is 0 Å². The van der Waals surface area contributed by atoms with Crippen LogP contribution in [0, 0.1) is 5.82 Å². The van der Waals surface area contributed by atoms with Gasteiger partial charge in [0, 0.05) is 5.56 Å². The van der Waals surface area contributed by atoms with Crippen LogP contribution in [0.3, 0.4) is 0 Å². The Bertz CT molecular complexity index is 383. The Balaban J connectivity index is 3.50. The van der Waals surface area contributed by atoms with E-state index in [1.807, 2.05) is 0 Å². The highest BCUT2D eigenvalue weighted by Crippen LogP contribution is 2.31. The van der Waals surface area contributed by atoms with Gasteiger partial charge in [0.2, 0.25) is 0 Å². The number of rotatable bonds is 1. The molecule has 0 radical (unpaired) electrons. The van der Waals surface area contributed by atoms with Gasteiger partial charge in [0.15, 0.2) is 5.82 Å². The van der Waals surface area contributed by atoms with Crippen LogP contribution in [0.4, 0.5) is 10.1 Å². The van der Waals surface area contributed by atoms with Crippen LogP contribution in [0.25, 0.3) is 0 Å². The minimum atomic E-state index is -0.643. The molecule has 0 fully saturated rings. The highest BCUT2D eigenvalue weighted by atomic mass is 79.9. The third-order valence-corrected chi connectivity index (χ3v) is 2.99. The van der Waals surface area contributed by atoms with E-state index in [2.05, 4.69) is 28.1 Å². The van der Waals surface area contributed by atoms with Gasteiger partial charge >= 0.3 is 0 Å². The summed E-state index contributed by atoms with van der Waals surface area (Å²) < 4.78 is 13.4. The molecule has 0 spiro atoms. The molecule has 0 aliphatic heterocycles. The molecule has 6 heteroatoms. The van der Waals surface area contributed by atoms with Crippen molar-refractivity contribution in [2.45, 2.75) is 0 Å². The first-order valence-corrected chi connectivity index (χ1v) is 4.75. The molecule has 0 aliphatic rings. The monoisotopic (exact) mass is 282 g/mol. The molecule has 4 N–H and O–H groups in total. The molecule has 0 saturated heterocycles. The summed E-state index contributed by atoms with van der Waals surface area (Å²) in [4.78, 5) is 0.0193. The van der Waals surface area contributed by atoms with Crippen molar-refractivity contribution in [1.29, 1.82) is 0 Å². The first-order valence-electron chi connectivity index (χ1n) is 3.18. The van der Waals surface area contributed by atoms with Gasteiger partial charge in [0.25, 0.3) is 0 Å². The summed E-state index contributed by atoms with van der Waals surface area (Å²) >= 11 is 13.3. The molecule has 0 unspecified atom stereocenters. The Morgan fingerprint density at radius 2 is 2.15 bits per heavy atom. The molecule has 0 bridgehead atoms. The van der Waals surface area contributed by atoms with Crippen molar-refractivity contribution >= 4 is 50.4 Å². The van der Waals surface area contributed by atoms with Gasteiger partial charge in [0.05, 0.1) is 15.2 Å². The normalized spacial score (nSPS) is 10.1. The second-order valence-corrected chi connectivity index (χ2v) is 3.95. The molecule has 0 atom stereocenters. The minimum Gasteiger partial charge on any atom is -0.396 e. The van der Waals surface area contributed by atoms with Gasteiger partial charge in [-0.05, 0) is 22.0 Å². The molecule has 13 heavy (non-hydrogen) atoms. The lowest BCUT2D eigenvalue weighted by Gasteiger charge is -2.07. The number of halogens is 3. The van der Waals surface area contributed by atoms with Crippen LogP contribution in [0.15, 0.2) is 10.5 Å².